The SMILES string of the molecule is CCOc1ccc(CCNC(=O)COc2ccc(Cl)cc2Cl)cc1OCC. The Labute approximate surface area is 169 Å². The summed E-state index contributed by atoms with van der Waals surface area (Å²) in [4.78, 5) is 11.9. The lowest BCUT2D eigenvalue weighted by Crippen LogP contribution is -2.30. The van der Waals surface area contributed by atoms with Gasteiger partial charge < -0.3 is 19.5 Å². The Bertz CT molecular complexity index is 768. The average molecular weight is 412 g/mol. The standard InChI is InChI=1S/C20H23Cl2NO4/c1-3-25-18-7-5-14(11-19(18)26-4-2)9-10-23-20(24)13-27-17-8-6-15(21)12-16(17)22/h5-8,11-12H,3-4,9-10,13H2,1-2H3,(H,23,24). The zero-order valence-electron chi connectivity index (χ0n) is 15.4. The van der Waals surface area contributed by atoms with Crippen molar-refractivity contribution in [2.45, 2.75) is 20.3 Å². The second-order valence-electron chi connectivity index (χ2n) is 5.61. The highest BCUT2D eigenvalue weighted by Gasteiger charge is 2.08. The summed E-state index contributed by atoms with van der Waals surface area (Å²) in [5.74, 6) is 1.63. The van der Waals surface area contributed by atoms with Crippen LogP contribution in [0.4, 0.5) is 0 Å². The van der Waals surface area contributed by atoms with Gasteiger partial charge in [0.2, 0.25) is 0 Å². The minimum Gasteiger partial charge on any atom is -0.490 e. The van der Waals surface area contributed by atoms with Crippen LogP contribution >= 0.6 is 23.2 Å². The van der Waals surface area contributed by atoms with Gasteiger partial charge in [-0.2, -0.15) is 0 Å². The van der Waals surface area contributed by atoms with Crippen LogP contribution in [0, 0.1) is 0 Å². The number of carbonyl (C=O) groups excluding carboxylic acids is 1. The molecule has 0 saturated carbocycles. The molecule has 2 rings (SSSR count). The van der Waals surface area contributed by atoms with Crippen molar-refractivity contribution in [2.75, 3.05) is 26.4 Å². The summed E-state index contributed by atoms with van der Waals surface area (Å²) in [5.41, 5.74) is 1.05. The number of ether oxygens (including phenoxy) is 3. The molecular formula is C20H23Cl2NO4. The number of amides is 1. The fourth-order valence-electron chi connectivity index (χ4n) is 2.38. The lowest BCUT2D eigenvalue weighted by atomic mass is 10.1. The molecule has 0 saturated heterocycles. The number of benzene rings is 2. The summed E-state index contributed by atoms with van der Waals surface area (Å²) < 4.78 is 16.6. The third-order valence-electron chi connectivity index (χ3n) is 3.60. The fourth-order valence-corrected chi connectivity index (χ4v) is 2.85. The Kier molecular flexibility index (Phi) is 8.55. The minimum absolute atomic E-state index is 0.116. The van der Waals surface area contributed by atoms with Gasteiger partial charge in [-0.15, -0.1) is 0 Å². The Morgan fingerprint density at radius 3 is 2.33 bits per heavy atom. The maximum Gasteiger partial charge on any atom is 0.257 e. The molecule has 7 heteroatoms. The lowest BCUT2D eigenvalue weighted by molar-refractivity contribution is -0.123. The summed E-state index contributed by atoms with van der Waals surface area (Å²) in [6, 6.07) is 10.6. The van der Waals surface area contributed by atoms with Gasteiger partial charge in [-0.05, 0) is 56.2 Å². The molecule has 0 fully saturated rings. The number of hydrogen-bond donors (Lipinski definition) is 1. The van der Waals surface area contributed by atoms with Gasteiger partial charge in [-0.25, -0.2) is 0 Å². The Morgan fingerprint density at radius 2 is 1.63 bits per heavy atom. The van der Waals surface area contributed by atoms with E-state index in [4.69, 9.17) is 37.4 Å². The van der Waals surface area contributed by atoms with Crippen LogP contribution in [0.2, 0.25) is 10.0 Å². The van der Waals surface area contributed by atoms with Crippen molar-refractivity contribution < 1.29 is 19.0 Å². The van der Waals surface area contributed by atoms with E-state index in [2.05, 4.69) is 5.32 Å². The molecule has 1 N–H and O–H groups in total. The second kappa shape index (κ2) is 10.9. The Balaban J connectivity index is 1.81. The molecule has 27 heavy (non-hydrogen) atoms. The van der Waals surface area contributed by atoms with Gasteiger partial charge in [0.05, 0.1) is 18.2 Å². The molecule has 0 aromatic heterocycles. The van der Waals surface area contributed by atoms with E-state index >= 15 is 0 Å². The van der Waals surface area contributed by atoms with Crippen molar-refractivity contribution in [3.05, 3.63) is 52.0 Å². The van der Waals surface area contributed by atoms with Crippen molar-refractivity contribution in [3.8, 4) is 17.2 Å². The molecule has 5 nitrogen and oxygen atoms in total. The molecular weight excluding hydrogens is 389 g/mol. The highest BCUT2D eigenvalue weighted by molar-refractivity contribution is 6.35. The normalized spacial score (nSPS) is 10.4. The molecule has 0 radical (unpaired) electrons. The van der Waals surface area contributed by atoms with Crippen molar-refractivity contribution in [1.29, 1.82) is 0 Å². The van der Waals surface area contributed by atoms with E-state index in [9.17, 15) is 4.79 Å². The van der Waals surface area contributed by atoms with Crippen LogP contribution in [-0.4, -0.2) is 32.3 Å². The quantitative estimate of drug-likeness (QED) is 0.623. The zero-order valence-corrected chi connectivity index (χ0v) is 16.9. The lowest BCUT2D eigenvalue weighted by Gasteiger charge is -2.13. The molecule has 0 atom stereocenters. The monoisotopic (exact) mass is 411 g/mol. The number of hydrogen-bond acceptors (Lipinski definition) is 4. The van der Waals surface area contributed by atoms with Crippen molar-refractivity contribution in [2.24, 2.45) is 0 Å². The Morgan fingerprint density at radius 1 is 0.926 bits per heavy atom. The first-order chi connectivity index (χ1) is 13.0. The van der Waals surface area contributed by atoms with Crippen molar-refractivity contribution >= 4 is 29.1 Å². The van der Waals surface area contributed by atoms with Crippen LogP contribution in [0.5, 0.6) is 17.2 Å². The molecule has 1 amide bonds. The van der Waals surface area contributed by atoms with E-state index in [1.54, 1.807) is 18.2 Å². The summed E-state index contributed by atoms with van der Waals surface area (Å²) in [6.07, 6.45) is 0.667. The minimum atomic E-state index is -0.225. The van der Waals surface area contributed by atoms with E-state index in [1.165, 1.54) is 0 Å². The molecule has 2 aromatic carbocycles. The van der Waals surface area contributed by atoms with Crippen LogP contribution < -0.4 is 19.5 Å². The van der Waals surface area contributed by atoms with E-state index in [-0.39, 0.29) is 12.5 Å². The van der Waals surface area contributed by atoms with Gasteiger partial charge in [0, 0.05) is 11.6 Å². The van der Waals surface area contributed by atoms with Gasteiger partial charge in [0.25, 0.3) is 5.91 Å². The zero-order chi connectivity index (χ0) is 19.6. The van der Waals surface area contributed by atoms with E-state index < -0.39 is 0 Å². The molecule has 146 valence electrons. The van der Waals surface area contributed by atoms with Crippen LogP contribution in [-0.2, 0) is 11.2 Å². The van der Waals surface area contributed by atoms with Crippen LogP contribution in [0.15, 0.2) is 36.4 Å². The fraction of sp³-hybridized carbons (Fsp3) is 0.350. The first-order valence-electron chi connectivity index (χ1n) is 8.76. The van der Waals surface area contributed by atoms with E-state index in [0.717, 1.165) is 11.3 Å². The summed E-state index contributed by atoms with van der Waals surface area (Å²) >= 11 is 11.8. The maximum absolute atomic E-state index is 11.9. The maximum atomic E-state index is 11.9. The predicted molar refractivity (Wildman–Crippen MR) is 107 cm³/mol. The third kappa shape index (κ3) is 6.85. The number of carbonyl (C=O) groups is 1. The van der Waals surface area contributed by atoms with Crippen molar-refractivity contribution in [1.82, 2.24) is 5.32 Å². The van der Waals surface area contributed by atoms with Crippen LogP contribution in [0.3, 0.4) is 0 Å². The van der Waals surface area contributed by atoms with Gasteiger partial charge in [-0.1, -0.05) is 29.3 Å². The number of rotatable bonds is 10. The number of halogens is 2. The second-order valence-corrected chi connectivity index (χ2v) is 6.45. The predicted octanol–water partition coefficient (Wildman–Crippen LogP) is 4.53. The van der Waals surface area contributed by atoms with Gasteiger partial charge in [0.1, 0.15) is 5.75 Å². The van der Waals surface area contributed by atoms with Gasteiger partial charge in [-0.3, -0.25) is 4.79 Å². The third-order valence-corrected chi connectivity index (χ3v) is 4.13. The van der Waals surface area contributed by atoms with Crippen LogP contribution in [0.25, 0.3) is 0 Å². The summed E-state index contributed by atoms with van der Waals surface area (Å²) in [5, 5.41) is 3.70. The summed E-state index contributed by atoms with van der Waals surface area (Å²) in [7, 11) is 0. The van der Waals surface area contributed by atoms with Crippen LogP contribution in [0.1, 0.15) is 19.4 Å². The average Bonchev–Trinajstić information content (AvgIpc) is 2.63. The molecule has 2 aromatic rings. The topological polar surface area (TPSA) is 56.8 Å². The van der Waals surface area contributed by atoms with Gasteiger partial charge in [0.15, 0.2) is 18.1 Å². The molecule has 0 spiro atoms. The Hall–Kier alpha value is -2.11. The molecule has 0 unspecified atom stereocenters. The summed E-state index contributed by atoms with van der Waals surface area (Å²) in [6.45, 7) is 5.36. The largest absolute Gasteiger partial charge is 0.490 e. The molecule has 0 aliphatic carbocycles. The molecule has 0 heterocycles. The van der Waals surface area contributed by atoms with Gasteiger partial charge >= 0.3 is 0 Å². The molecule has 0 bridgehead atoms. The smallest absolute Gasteiger partial charge is 0.257 e. The first kappa shape index (κ1) is 21.2. The first-order valence-corrected chi connectivity index (χ1v) is 9.52. The molecule has 0 aliphatic heterocycles. The van der Waals surface area contributed by atoms with Crippen molar-refractivity contribution in [3.63, 3.8) is 0 Å². The number of nitrogens with one attached hydrogen (secondary N) is 1. The highest BCUT2D eigenvalue weighted by atomic mass is 35.5. The van der Waals surface area contributed by atoms with E-state index in [0.29, 0.717) is 47.7 Å². The van der Waals surface area contributed by atoms with E-state index in [1.807, 2.05) is 32.0 Å². The highest BCUT2D eigenvalue weighted by Crippen LogP contribution is 2.29. The molecule has 0 aliphatic rings.